The van der Waals surface area contributed by atoms with Gasteiger partial charge in [-0.1, -0.05) is 67.4 Å². The molecule has 2 unspecified atom stereocenters. The highest BCUT2D eigenvalue weighted by molar-refractivity contribution is 5.86. The Balaban J connectivity index is 1.40. The van der Waals surface area contributed by atoms with Crippen LogP contribution in [0, 0.1) is 11.8 Å². The van der Waals surface area contributed by atoms with Gasteiger partial charge in [-0.25, -0.2) is 9.18 Å². The van der Waals surface area contributed by atoms with Crippen molar-refractivity contribution in [2.75, 3.05) is 26.8 Å². The van der Waals surface area contributed by atoms with Gasteiger partial charge in [0.25, 0.3) is 5.91 Å². The number of ether oxygens (including phenoxy) is 4. The number of halogens is 1. The molecule has 1 amide bonds. The largest absolute Gasteiger partial charge is 0.458 e. The van der Waals surface area contributed by atoms with E-state index in [9.17, 15) is 23.6 Å². The van der Waals surface area contributed by atoms with Gasteiger partial charge in [-0.2, -0.15) is 0 Å². The monoisotopic (exact) mass is 682 g/mol. The Kier molecular flexibility index (Phi) is 14.1. The second-order valence-electron chi connectivity index (χ2n) is 13.8. The third kappa shape index (κ3) is 12.9. The summed E-state index contributed by atoms with van der Waals surface area (Å²) in [4.78, 5) is 52.7. The predicted octanol–water partition coefficient (Wildman–Crippen LogP) is 4.97. The summed E-state index contributed by atoms with van der Waals surface area (Å²) in [5.74, 6) is -2.61. The number of carbonyl (C=O) groups excluding carboxylic acids is 4. The first kappa shape index (κ1) is 38.0. The molecular weight excluding hydrogens is 631 g/mol. The van der Waals surface area contributed by atoms with Crippen molar-refractivity contribution in [1.29, 1.82) is 0 Å². The van der Waals surface area contributed by atoms with Crippen molar-refractivity contribution in [3.63, 3.8) is 0 Å². The Bertz CT molecular complexity index is 1370. The first-order valence-electron chi connectivity index (χ1n) is 17.3. The first-order valence-corrected chi connectivity index (χ1v) is 17.3. The second-order valence-corrected chi connectivity index (χ2v) is 13.8. The third-order valence-corrected chi connectivity index (χ3v) is 8.99. The zero-order chi connectivity index (χ0) is 35.4. The van der Waals surface area contributed by atoms with E-state index in [1.54, 1.807) is 0 Å². The number of likely N-dealkylation sites (N-methyl/N-ethyl adjacent to an activating group) is 1. The van der Waals surface area contributed by atoms with Crippen LogP contribution in [0.3, 0.4) is 0 Å². The van der Waals surface area contributed by atoms with E-state index in [0.29, 0.717) is 18.3 Å². The first-order chi connectivity index (χ1) is 23.4. The highest BCUT2D eigenvalue weighted by Gasteiger charge is 2.35. The van der Waals surface area contributed by atoms with E-state index in [4.69, 9.17) is 18.9 Å². The fourth-order valence-corrected chi connectivity index (χ4v) is 5.89. The standard InChI is InChI=1S/C38H51FN2O8/c1-25(35(43)47-24-28-8-6-5-7-9-28)48-36(44)31(20-26-10-11-26)23-41-34(42)33(49-37(45)32(40-4)22-38(2,3)39)21-27-12-14-29(15-13-27)30-16-18-46-19-17-30/h5-9,12-15,25-26,30-33,40H,10-11,16-24H2,1-4H3,(H,41,42)/t25-,31+,32?,33?/m1/s1. The van der Waals surface area contributed by atoms with Gasteiger partial charge in [0, 0.05) is 32.6 Å². The van der Waals surface area contributed by atoms with Crippen LogP contribution in [0.25, 0.3) is 0 Å². The molecule has 1 aliphatic heterocycles. The van der Waals surface area contributed by atoms with E-state index in [0.717, 1.165) is 50.0 Å². The van der Waals surface area contributed by atoms with Gasteiger partial charge in [-0.05, 0) is 75.6 Å². The molecule has 49 heavy (non-hydrogen) atoms. The second kappa shape index (κ2) is 18.2. The lowest BCUT2D eigenvalue weighted by Gasteiger charge is -2.25. The molecule has 4 atom stereocenters. The van der Waals surface area contributed by atoms with E-state index < -0.39 is 53.7 Å². The van der Waals surface area contributed by atoms with Crippen molar-refractivity contribution in [3.05, 3.63) is 71.3 Å². The number of amides is 1. The molecule has 1 saturated carbocycles. The maximum absolute atomic E-state index is 14.5. The summed E-state index contributed by atoms with van der Waals surface area (Å²) in [5, 5.41) is 5.59. The van der Waals surface area contributed by atoms with Crippen molar-refractivity contribution in [2.45, 2.75) is 102 Å². The summed E-state index contributed by atoms with van der Waals surface area (Å²) in [7, 11) is 1.54. The van der Waals surface area contributed by atoms with Crippen molar-refractivity contribution in [2.24, 2.45) is 11.8 Å². The molecule has 2 aromatic carbocycles. The molecule has 2 aromatic rings. The number of benzene rings is 2. The van der Waals surface area contributed by atoms with Gasteiger partial charge in [0.2, 0.25) is 0 Å². The molecule has 2 aliphatic rings. The lowest BCUT2D eigenvalue weighted by Crippen LogP contribution is -2.47. The number of hydrogen-bond donors (Lipinski definition) is 2. The van der Waals surface area contributed by atoms with Crippen molar-refractivity contribution >= 4 is 23.8 Å². The van der Waals surface area contributed by atoms with E-state index in [2.05, 4.69) is 10.6 Å². The minimum absolute atomic E-state index is 0.0543. The van der Waals surface area contributed by atoms with Crippen LogP contribution in [-0.2, 0) is 51.2 Å². The number of esters is 3. The average molecular weight is 683 g/mol. The molecule has 1 aliphatic carbocycles. The number of alkyl halides is 1. The summed E-state index contributed by atoms with van der Waals surface area (Å²) < 4.78 is 36.5. The van der Waals surface area contributed by atoms with E-state index in [-0.39, 0.29) is 26.0 Å². The van der Waals surface area contributed by atoms with Crippen LogP contribution >= 0.6 is 0 Å². The van der Waals surface area contributed by atoms with E-state index >= 15 is 0 Å². The molecule has 0 bridgehead atoms. The van der Waals surface area contributed by atoms with Crippen molar-refractivity contribution in [3.8, 4) is 0 Å². The molecule has 4 rings (SSSR count). The molecule has 11 heteroatoms. The summed E-state index contributed by atoms with van der Waals surface area (Å²) in [6.45, 7) is 5.63. The molecule has 1 saturated heterocycles. The van der Waals surface area contributed by atoms with Crippen LogP contribution in [0.2, 0.25) is 0 Å². The summed E-state index contributed by atoms with van der Waals surface area (Å²) in [6.07, 6.45) is 1.87. The molecule has 2 N–H and O–H groups in total. The highest BCUT2D eigenvalue weighted by atomic mass is 19.1. The number of hydrogen-bond acceptors (Lipinski definition) is 9. The normalized spacial score (nSPS) is 17.7. The highest BCUT2D eigenvalue weighted by Crippen LogP contribution is 2.35. The molecule has 0 spiro atoms. The average Bonchev–Trinajstić information content (AvgIpc) is 3.92. The van der Waals surface area contributed by atoms with Crippen molar-refractivity contribution < 1.29 is 42.5 Å². The quantitative estimate of drug-likeness (QED) is 0.165. The maximum Gasteiger partial charge on any atom is 0.347 e. The SMILES string of the molecule is CNC(CC(C)(C)F)C(=O)OC(Cc1ccc(C2CCOCC2)cc1)C(=O)NC[C@H](CC1CC1)C(=O)O[C@H](C)C(=O)OCc1ccccc1. The van der Waals surface area contributed by atoms with Crippen LogP contribution in [0.5, 0.6) is 0 Å². The molecule has 10 nitrogen and oxygen atoms in total. The van der Waals surface area contributed by atoms with Crippen LogP contribution in [0.15, 0.2) is 54.6 Å². The number of carbonyl (C=O) groups is 4. The number of rotatable bonds is 18. The smallest absolute Gasteiger partial charge is 0.347 e. The Morgan fingerprint density at radius 2 is 1.57 bits per heavy atom. The molecular formula is C38H51FN2O8. The molecule has 2 fully saturated rings. The third-order valence-electron chi connectivity index (χ3n) is 8.99. The summed E-state index contributed by atoms with van der Waals surface area (Å²) in [5.41, 5.74) is 1.13. The molecule has 268 valence electrons. The Morgan fingerprint density at radius 1 is 0.898 bits per heavy atom. The lowest BCUT2D eigenvalue weighted by molar-refractivity contribution is -0.170. The van der Waals surface area contributed by atoms with E-state index in [1.807, 2.05) is 54.6 Å². The Hall–Kier alpha value is -3.83. The fraction of sp³-hybridized carbons (Fsp3) is 0.579. The van der Waals surface area contributed by atoms with Gasteiger partial charge in [0.05, 0.1) is 5.92 Å². The fourth-order valence-electron chi connectivity index (χ4n) is 5.89. The molecule has 0 aromatic heterocycles. The molecule has 1 heterocycles. The van der Waals surface area contributed by atoms with Gasteiger partial charge >= 0.3 is 17.9 Å². The zero-order valence-corrected chi connectivity index (χ0v) is 29.1. The maximum atomic E-state index is 14.5. The van der Waals surface area contributed by atoms with Gasteiger partial charge in [-0.3, -0.25) is 14.4 Å². The van der Waals surface area contributed by atoms with Crippen LogP contribution in [0.4, 0.5) is 4.39 Å². The van der Waals surface area contributed by atoms with Gasteiger partial charge < -0.3 is 29.6 Å². The predicted molar refractivity (Wildman–Crippen MR) is 181 cm³/mol. The van der Waals surface area contributed by atoms with Gasteiger partial charge in [0.1, 0.15) is 18.3 Å². The molecule has 0 radical (unpaired) electrons. The minimum Gasteiger partial charge on any atom is -0.458 e. The van der Waals surface area contributed by atoms with Gasteiger partial charge in [0.15, 0.2) is 12.2 Å². The van der Waals surface area contributed by atoms with Crippen molar-refractivity contribution in [1.82, 2.24) is 10.6 Å². The summed E-state index contributed by atoms with van der Waals surface area (Å²) >= 11 is 0. The van der Waals surface area contributed by atoms with E-state index in [1.165, 1.54) is 33.4 Å². The topological polar surface area (TPSA) is 129 Å². The van der Waals surface area contributed by atoms with Crippen LogP contribution in [0.1, 0.15) is 81.9 Å². The number of nitrogens with one attached hydrogen (secondary N) is 2. The lowest BCUT2D eigenvalue weighted by atomic mass is 9.90. The minimum atomic E-state index is -1.65. The van der Waals surface area contributed by atoms with Crippen LogP contribution < -0.4 is 10.6 Å². The Labute approximate surface area is 288 Å². The Morgan fingerprint density at radius 3 is 2.18 bits per heavy atom. The van der Waals surface area contributed by atoms with Gasteiger partial charge in [-0.15, -0.1) is 0 Å². The van der Waals surface area contributed by atoms with Crippen LogP contribution in [-0.4, -0.2) is 74.5 Å². The zero-order valence-electron chi connectivity index (χ0n) is 29.1. The summed E-state index contributed by atoms with van der Waals surface area (Å²) in [6, 6.07) is 16.1.